The molecule has 2 amide bonds. The van der Waals surface area contributed by atoms with Crippen molar-refractivity contribution in [3.8, 4) is 11.1 Å². The molecule has 2 aromatic carbocycles. The van der Waals surface area contributed by atoms with Crippen LogP contribution in [0.4, 0.5) is 5.69 Å². The van der Waals surface area contributed by atoms with Gasteiger partial charge < -0.3 is 10.2 Å². The van der Waals surface area contributed by atoms with Crippen LogP contribution in [0.1, 0.15) is 42.1 Å². The molecule has 2 aliphatic heterocycles. The van der Waals surface area contributed by atoms with Crippen LogP contribution in [0.3, 0.4) is 0 Å². The molecule has 1 saturated heterocycles. The van der Waals surface area contributed by atoms with E-state index in [-0.39, 0.29) is 17.9 Å². The zero-order valence-corrected chi connectivity index (χ0v) is 16.9. The maximum Gasteiger partial charge on any atom is 0.254 e. The molecule has 0 aliphatic carbocycles. The van der Waals surface area contributed by atoms with Crippen LogP contribution >= 0.6 is 0 Å². The van der Waals surface area contributed by atoms with Crippen molar-refractivity contribution in [2.75, 3.05) is 11.9 Å². The molecule has 0 radical (unpaired) electrons. The van der Waals surface area contributed by atoms with Gasteiger partial charge in [-0.15, -0.1) is 0 Å². The largest absolute Gasteiger partial charge is 0.334 e. The van der Waals surface area contributed by atoms with Gasteiger partial charge in [0.2, 0.25) is 5.91 Å². The van der Waals surface area contributed by atoms with E-state index in [0.717, 1.165) is 35.2 Å². The van der Waals surface area contributed by atoms with Gasteiger partial charge in [0.15, 0.2) is 0 Å². The smallest absolute Gasteiger partial charge is 0.254 e. The molecule has 0 unspecified atom stereocenters. The van der Waals surface area contributed by atoms with Gasteiger partial charge >= 0.3 is 0 Å². The molecule has 0 saturated carbocycles. The highest BCUT2D eigenvalue weighted by atomic mass is 16.2. The van der Waals surface area contributed by atoms with Gasteiger partial charge in [0.25, 0.3) is 5.91 Å². The van der Waals surface area contributed by atoms with Crippen molar-refractivity contribution in [1.29, 1.82) is 0 Å². The van der Waals surface area contributed by atoms with Crippen LogP contribution in [0.15, 0.2) is 60.9 Å². The van der Waals surface area contributed by atoms with Gasteiger partial charge in [0.05, 0.1) is 17.7 Å². The highest BCUT2D eigenvalue weighted by Gasteiger charge is 2.58. The molecule has 2 aliphatic rings. The second-order valence-corrected chi connectivity index (χ2v) is 8.09. The number of fused-ring (bicyclic) bond motifs is 2. The monoisotopic (exact) mass is 400 g/mol. The number of likely N-dealkylation sites (tertiary alicyclic amines) is 1. The third-order valence-corrected chi connectivity index (χ3v) is 6.52. The van der Waals surface area contributed by atoms with E-state index >= 15 is 0 Å². The Hall–Kier alpha value is -3.41. The molecule has 3 heterocycles. The van der Waals surface area contributed by atoms with Gasteiger partial charge in [-0.05, 0) is 42.2 Å². The van der Waals surface area contributed by atoms with Crippen molar-refractivity contribution in [1.82, 2.24) is 15.1 Å². The first-order valence-corrected chi connectivity index (χ1v) is 10.5. The minimum Gasteiger partial charge on any atom is -0.334 e. The van der Waals surface area contributed by atoms with Crippen LogP contribution in [0.25, 0.3) is 11.1 Å². The number of H-pyrrole nitrogens is 1. The van der Waals surface area contributed by atoms with Gasteiger partial charge in [0.1, 0.15) is 0 Å². The van der Waals surface area contributed by atoms with Crippen LogP contribution in [0.2, 0.25) is 0 Å². The number of nitrogens with zero attached hydrogens (tertiary/aromatic N) is 2. The molecule has 6 heteroatoms. The fraction of sp³-hybridized carbons (Fsp3) is 0.292. The van der Waals surface area contributed by atoms with E-state index in [1.165, 1.54) is 0 Å². The van der Waals surface area contributed by atoms with Crippen molar-refractivity contribution in [3.05, 3.63) is 72.1 Å². The third kappa shape index (κ3) is 2.67. The summed E-state index contributed by atoms with van der Waals surface area (Å²) in [6.45, 7) is 2.67. The first-order valence-electron chi connectivity index (χ1n) is 10.5. The van der Waals surface area contributed by atoms with E-state index in [1.807, 2.05) is 59.6 Å². The Labute approximate surface area is 175 Å². The number of nitrogens with one attached hydrogen (secondary N) is 2. The van der Waals surface area contributed by atoms with Crippen LogP contribution < -0.4 is 5.32 Å². The number of para-hydroxylation sites is 1. The molecule has 1 fully saturated rings. The molecule has 1 spiro atoms. The average Bonchev–Trinajstić information content (AvgIpc) is 3.49. The van der Waals surface area contributed by atoms with Crippen molar-refractivity contribution in [2.45, 2.75) is 37.6 Å². The Bertz CT molecular complexity index is 1110. The summed E-state index contributed by atoms with van der Waals surface area (Å²) in [4.78, 5) is 28.7. The number of aromatic nitrogens is 2. The van der Waals surface area contributed by atoms with E-state index < -0.39 is 5.41 Å². The van der Waals surface area contributed by atoms with E-state index in [0.29, 0.717) is 18.5 Å². The zero-order valence-electron chi connectivity index (χ0n) is 16.9. The minimum absolute atomic E-state index is 0.0181. The van der Waals surface area contributed by atoms with Gasteiger partial charge in [-0.1, -0.05) is 43.7 Å². The van der Waals surface area contributed by atoms with E-state index in [2.05, 4.69) is 22.4 Å². The molecule has 3 aromatic rings. The molecule has 2 atom stereocenters. The Balaban J connectivity index is 1.52. The Morgan fingerprint density at radius 1 is 1.20 bits per heavy atom. The molecule has 30 heavy (non-hydrogen) atoms. The summed E-state index contributed by atoms with van der Waals surface area (Å²) in [6, 6.07) is 15.4. The number of benzene rings is 2. The average molecular weight is 400 g/mol. The SMILES string of the molecule is CCC[C@@H]1N(C(=O)c2cccc(-c3cn[nH]c3)c2)CC[C@@]12C(=O)Nc1ccccc12. The van der Waals surface area contributed by atoms with E-state index in [4.69, 9.17) is 0 Å². The molecule has 5 rings (SSSR count). The first kappa shape index (κ1) is 18.6. The summed E-state index contributed by atoms with van der Waals surface area (Å²) in [5.41, 5.74) is 3.76. The van der Waals surface area contributed by atoms with Gasteiger partial charge in [-0.3, -0.25) is 14.7 Å². The quantitative estimate of drug-likeness (QED) is 0.695. The summed E-state index contributed by atoms with van der Waals surface area (Å²) >= 11 is 0. The Kier molecular flexibility index (Phi) is 4.42. The normalized spacial score (nSPS) is 22.4. The highest BCUT2D eigenvalue weighted by molar-refractivity contribution is 6.08. The molecule has 0 bridgehead atoms. The number of hydrogen-bond donors (Lipinski definition) is 2. The van der Waals surface area contributed by atoms with Crippen molar-refractivity contribution in [3.63, 3.8) is 0 Å². The molecule has 1 aromatic heterocycles. The van der Waals surface area contributed by atoms with Crippen LogP contribution in [-0.2, 0) is 10.2 Å². The van der Waals surface area contributed by atoms with Gasteiger partial charge in [-0.2, -0.15) is 5.10 Å². The first-order chi connectivity index (χ1) is 14.6. The van der Waals surface area contributed by atoms with E-state index in [1.54, 1.807) is 6.20 Å². The second kappa shape index (κ2) is 7.13. The topological polar surface area (TPSA) is 78.1 Å². The van der Waals surface area contributed by atoms with Crippen LogP contribution in [0.5, 0.6) is 0 Å². The maximum atomic E-state index is 13.6. The molecule has 2 N–H and O–H groups in total. The van der Waals surface area contributed by atoms with Crippen LogP contribution in [-0.4, -0.2) is 39.5 Å². The zero-order chi connectivity index (χ0) is 20.7. The summed E-state index contributed by atoms with van der Waals surface area (Å²) in [5.74, 6) is -0.00236. The van der Waals surface area contributed by atoms with Crippen molar-refractivity contribution in [2.24, 2.45) is 0 Å². The second-order valence-electron chi connectivity index (χ2n) is 8.09. The molecule has 152 valence electrons. The van der Waals surface area contributed by atoms with Crippen LogP contribution in [0, 0.1) is 0 Å². The van der Waals surface area contributed by atoms with Gasteiger partial charge in [0, 0.05) is 29.6 Å². The number of aromatic amines is 1. The molecular formula is C24H24N4O2. The standard InChI is InChI=1S/C24H24N4O2/c1-2-6-21-24(19-9-3-4-10-20(19)27-23(24)30)11-12-28(21)22(29)17-8-5-7-16(13-17)18-14-25-26-15-18/h3-5,7-10,13-15,21H,2,6,11-12H2,1H3,(H,25,26)(H,27,30)/t21-,24-/m0/s1. The fourth-order valence-electron chi connectivity index (χ4n) is 5.13. The summed E-state index contributed by atoms with van der Waals surface area (Å²) < 4.78 is 0. The number of amides is 2. The lowest BCUT2D eigenvalue weighted by atomic mass is 9.73. The third-order valence-electron chi connectivity index (χ3n) is 6.52. The number of anilines is 1. The number of carbonyl (C=O) groups excluding carboxylic acids is 2. The highest BCUT2D eigenvalue weighted by Crippen LogP contribution is 2.49. The minimum atomic E-state index is -0.662. The van der Waals surface area contributed by atoms with Gasteiger partial charge in [-0.25, -0.2) is 0 Å². The Morgan fingerprint density at radius 2 is 2.07 bits per heavy atom. The number of carbonyl (C=O) groups is 2. The van der Waals surface area contributed by atoms with Crippen molar-refractivity contribution < 1.29 is 9.59 Å². The van der Waals surface area contributed by atoms with Crippen molar-refractivity contribution >= 4 is 17.5 Å². The summed E-state index contributed by atoms with van der Waals surface area (Å²) in [6.07, 6.45) is 5.89. The van der Waals surface area contributed by atoms with E-state index in [9.17, 15) is 9.59 Å². The lowest BCUT2D eigenvalue weighted by Gasteiger charge is -2.34. The summed E-state index contributed by atoms with van der Waals surface area (Å²) in [7, 11) is 0. The Morgan fingerprint density at radius 3 is 2.87 bits per heavy atom. The predicted octanol–water partition coefficient (Wildman–Crippen LogP) is 3.98. The molecular weight excluding hydrogens is 376 g/mol. The fourth-order valence-corrected chi connectivity index (χ4v) is 5.13. The maximum absolute atomic E-state index is 13.6. The summed E-state index contributed by atoms with van der Waals surface area (Å²) in [5, 5.41) is 9.87. The number of rotatable bonds is 4. The number of hydrogen-bond acceptors (Lipinski definition) is 3. The lowest BCUT2D eigenvalue weighted by Crippen LogP contribution is -2.48. The lowest BCUT2D eigenvalue weighted by molar-refractivity contribution is -0.121. The predicted molar refractivity (Wildman–Crippen MR) is 115 cm³/mol. The molecule has 6 nitrogen and oxygen atoms in total.